The molecule has 4 rings (SSSR count). The number of hydrogen-bond donors (Lipinski definition) is 0. The molecule has 98 valence electrons. The van der Waals surface area contributed by atoms with Crippen molar-refractivity contribution in [3.63, 3.8) is 0 Å². The van der Waals surface area contributed by atoms with E-state index in [0.29, 0.717) is 0 Å². The van der Waals surface area contributed by atoms with Gasteiger partial charge in [0.1, 0.15) is 17.8 Å². The summed E-state index contributed by atoms with van der Waals surface area (Å²) in [7, 11) is 0. The van der Waals surface area contributed by atoms with Gasteiger partial charge in [0.2, 0.25) is 0 Å². The molecule has 0 bridgehead atoms. The lowest BCUT2D eigenvalue weighted by molar-refractivity contribution is -0.105. The van der Waals surface area contributed by atoms with Crippen LogP contribution < -0.4 is 4.74 Å². The largest absolute Gasteiger partial charge is 0.456 e. The Morgan fingerprint density at radius 3 is 2.85 bits per heavy atom. The van der Waals surface area contributed by atoms with E-state index in [-0.39, 0.29) is 0 Å². The molecule has 1 heterocycles. The smallest absolute Gasteiger partial charge is 0.149 e. The van der Waals surface area contributed by atoms with Crippen molar-refractivity contribution in [2.45, 2.75) is 19.3 Å². The van der Waals surface area contributed by atoms with Crippen LogP contribution >= 0.6 is 0 Å². The molecule has 2 aliphatic rings. The van der Waals surface area contributed by atoms with Crippen molar-refractivity contribution in [1.82, 2.24) is 0 Å². The Kier molecular flexibility index (Phi) is 2.49. The number of aldehydes is 1. The fourth-order valence-corrected chi connectivity index (χ4v) is 3.08. The summed E-state index contributed by atoms with van der Waals surface area (Å²) in [4.78, 5) is 11.2. The number of ether oxygens (including phenoxy) is 1. The van der Waals surface area contributed by atoms with Crippen LogP contribution in [0.25, 0.3) is 16.8 Å². The van der Waals surface area contributed by atoms with Gasteiger partial charge in [-0.3, -0.25) is 4.79 Å². The minimum absolute atomic E-state index is 0.786. The number of carbonyl (C=O) groups excluding carboxylic acids is 1. The summed E-state index contributed by atoms with van der Waals surface area (Å²) < 4.78 is 6.03. The third kappa shape index (κ3) is 1.61. The number of benzene rings is 2. The van der Waals surface area contributed by atoms with Crippen LogP contribution in [0.1, 0.15) is 24.8 Å². The molecule has 0 N–H and O–H groups in total. The van der Waals surface area contributed by atoms with Crippen molar-refractivity contribution in [3.8, 4) is 5.75 Å². The number of rotatable bonds is 1. The maximum Gasteiger partial charge on any atom is 0.149 e. The van der Waals surface area contributed by atoms with Crippen molar-refractivity contribution in [1.29, 1.82) is 0 Å². The molecular weight excluding hydrogens is 248 g/mol. The Hall–Kier alpha value is -2.35. The van der Waals surface area contributed by atoms with Crippen LogP contribution in [-0.2, 0) is 4.79 Å². The van der Waals surface area contributed by atoms with Gasteiger partial charge in [0.15, 0.2) is 0 Å². The van der Waals surface area contributed by atoms with Crippen molar-refractivity contribution < 1.29 is 9.53 Å². The van der Waals surface area contributed by atoms with Gasteiger partial charge >= 0.3 is 0 Å². The fourth-order valence-electron chi connectivity index (χ4n) is 3.08. The van der Waals surface area contributed by atoms with Crippen LogP contribution in [0.2, 0.25) is 0 Å². The third-order valence-corrected chi connectivity index (χ3v) is 4.08. The van der Waals surface area contributed by atoms with E-state index in [4.69, 9.17) is 4.74 Å². The lowest BCUT2D eigenvalue weighted by atomic mass is 9.89. The maximum absolute atomic E-state index is 11.2. The summed E-state index contributed by atoms with van der Waals surface area (Å²) in [6.45, 7) is 0. The molecule has 0 atom stereocenters. The Labute approximate surface area is 117 Å². The van der Waals surface area contributed by atoms with E-state index in [2.05, 4.69) is 24.3 Å². The van der Waals surface area contributed by atoms with Crippen LogP contribution in [0, 0.1) is 0 Å². The van der Waals surface area contributed by atoms with Gasteiger partial charge in [-0.15, -0.1) is 0 Å². The van der Waals surface area contributed by atoms with Gasteiger partial charge in [-0.25, -0.2) is 0 Å². The predicted octanol–water partition coefficient (Wildman–Crippen LogP) is 4.25. The zero-order valence-electron chi connectivity index (χ0n) is 11.1. The second kappa shape index (κ2) is 4.34. The molecule has 0 radical (unpaired) electrons. The molecule has 1 aliphatic carbocycles. The number of carbonyl (C=O) groups is 1. The number of fused-ring (bicyclic) bond motifs is 4. The monoisotopic (exact) mass is 262 g/mol. The SMILES string of the molecule is O=CC1=C2Oc3ccc4ccccc4c3C=C2CCC1. The van der Waals surface area contributed by atoms with Gasteiger partial charge in [-0.2, -0.15) is 0 Å². The topological polar surface area (TPSA) is 26.3 Å². The van der Waals surface area contributed by atoms with Gasteiger partial charge in [0, 0.05) is 11.1 Å². The van der Waals surface area contributed by atoms with Crippen LogP contribution in [-0.4, -0.2) is 6.29 Å². The second-order valence-electron chi connectivity index (χ2n) is 5.30. The van der Waals surface area contributed by atoms with Crippen molar-refractivity contribution in [3.05, 3.63) is 58.9 Å². The Morgan fingerprint density at radius 2 is 1.95 bits per heavy atom. The van der Waals surface area contributed by atoms with Crippen LogP contribution in [0.5, 0.6) is 5.75 Å². The quantitative estimate of drug-likeness (QED) is 0.718. The molecule has 0 amide bonds. The zero-order chi connectivity index (χ0) is 13.5. The molecule has 0 spiro atoms. The van der Waals surface area contributed by atoms with Crippen molar-refractivity contribution in [2.75, 3.05) is 0 Å². The molecule has 2 heteroatoms. The molecule has 0 unspecified atom stereocenters. The van der Waals surface area contributed by atoms with E-state index >= 15 is 0 Å². The lowest BCUT2D eigenvalue weighted by Crippen LogP contribution is -2.13. The van der Waals surface area contributed by atoms with Gasteiger partial charge in [0.05, 0.1) is 0 Å². The van der Waals surface area contributed by atoms with Gasteiger partial charge in [0.25, 0.3) is 0 Å². The molecule has 0 fully saturated rings. The first-order chi connectivity index (χ1) is 9.86. The number of hydrogen-bond acceptors (Lipinski definition) is 2. The third-order valence-electron chi connectivity index (χ3n) is 4.08. The van der Waals surface area contributed by atoms with Gasteiger partial charge in [-0.1, -0.05) is 30.3 Å². The first kappa shape index (κ1) is 11.5. The summed E-state index contributed by atoms with van der Waals surface area (Å²) in [5.74, 6) is 1.64. The summed E-state index contributed by atoms with van der Waals surface area (Å²) in [6, 6.07) is 12.4. The molecule has 2 aromatic rings. The highest BCUT2D eigenvalue weighted by Crippen LogP contribution is 2.41. The second-order valence-corrected chi connectivity index (χ2v) is 5.30. The summed E-state index contributed by atoms with van der Waals surface area (Å²) in [5, 5.41) is 2.42. The van der Waals surface area contributed by atoms with E-state index in [9.17, 15) is 4.79 Å². The standard InChI is InChI=1S/C18H14O2/c19-11-14-6-3-5-13-10-16-15-7-2-1-4-12(15)8-9-17(16)20-18(13)14/h1-2,4,7-11H,3,5-6H2. The molecular formula is C18H14O2. The first-order valence-corrected chi connectivity index (χ1v) is 6.96. The van der Waals surface area contributed by atoms with E-state index in [1.807, 2.05) is 18.2 Å². The van der Waals surface area contributed by atoms with Gasteiger partial charge < -0.3 is 4.74 Å². The average Bonchev–Trinajstić information content (AvgIpc) is 2.52. The number of allylic oxidation sites excluding steroid dienone is 2. The van der Waals surface area contributed by atoms with Gasteiger partial charge in [-0.05, 0) is 47.8 Å². The van der Waals surface area contributed by atoms with Crippen LogP contribution in [0.15, 0.2) is 53.3 Å². The maximum atomic E-state index is 11.2. The molecule has 2 aromatic carbocycles. The first-order valence-electron chi connectivity index (χ1n) is 6.96. The fraction of sp³-hybridized carbons (Fsp3) is 0.167. The molecule has 2 nitrogen and oxygen atoms in total. The predicted molar refractivity (Wildman–Crippen MR) is 79.5 cm³/mol. The minimum Gasteiger partial charge on any atom is -0.456 e. The lowest BCUT2D eigenvalue weighted by Gasteiger charge is -2.26. The van der Waals surface area contributed by atoms with E-state index in [1.165, 1.54) is 10.8 Å². The van der Waals surface area contributed by atoms with E-state index in [1.54, 1.807) is 0 Å². The van der Waals surface area contributed by atoms with E-state index in [0.717, 1.165) is 53.8 Å². The Morgan fingerprint density at radius 1 is 1.05 bits per heavy atom. The summed E-state index contributed by atoms with van der Waals surface area (Å²) >= 11 is 0. The Balaban J connectivity index is 1.99. The summed E-state index contributed by atoms with van der Waals surface area (Å²) in [5.41, 5.74) is 3.08. The van der Waals surface area contributed by atoms with Crippen molar-refractivity contribution >= 4 is 23.1 Å². The van der Waals surface area contributed by atoms with Crippen LogP contribution in [0.3, 0.4) is 0 Å². The minimum atomic E-state index is 0.786. The highest BCUT2D eigenvalue weighted by Gasteiger charge is 2.24. The van der Waals surface area contributed by atoms with E-state index < -0.39 is 0 Å². The normalized spacial score (nSPS) is 17.1. The Bertz CT molecular complexity index is 781. The average molecular weight is 262 g/mol. The van der Waals surface area contributed by atoms with Crippen LogP contribution in [0.4, 0.5) is 0 Å². The zero-order valence-corrected chi connectivity index (χ0v) is 11.1. The molecule has 0 aromatic heterocycles. The highest BCUT2D eigenvalue weighted by atomic mass is 16.5. The molecule has 0 saturated heterocycles. The summed E-state index contributed by atoms with van der Waals surface area (Å²) in [6.07, 6.45) is 5.95. The molecule has 0 saturated carbocycles. The highest BCUT2D eigenvalue weighted by molar-refractivity contribution is 5.95. The molecule has 20 heavy (non-hydrogen) atoms. The molecule has 1 aliphatic heterocycles. The van der Waals surface area contributed by atoms with Crippen molar-refractivity contribution in [2.24, 2.45) is 0 Å².